The van der Waals surface area contributed by atoms with Crippen molar-refractivity contribution in [1.82, 2.24) is 74.4 Å². The number of hydrogen-bond acceptors (Lipinski definition) is 18. The third-order valence-electron chi connectivity index (χ3n) is 17.8. The maximum absolute atomic E-state index is 12.0. The Kier molecular flexibility index (Phi) is 19.5. The summed E-state index contributed by atoms with van der Waals surface area (Å²) in [5.41, 5.74) is 26.8. The first-order chi connectivity index (χ1) is 48.4. The van der Waals surface area contributed by atoms with Crippen molar-refractivity contribution in [2.24, 2.45) is 0 Å². The van der Waals surface area contributed by atoms with Crippen molar-refractivity contribution in [3.8, 4) is 68.3 Å². The summed E-state index contributed by atoms with van der Waals surface area (Å²) in [6.45, 7) is 17.4. The van der Waals surface area contributed by atoms with Crippen LogP contribution in [0.4, 0.5) is 17.5 Å². The van der Waals surface area contributed by atoms with E-state index in [-0.39, 0.29) is 29.9 Å². The first kappa shape index (κ1) is 65.1. The summed E-state index contributed by atoms with van der Waals surface area (Å²) in [6.07, 6.45) is 15.3. The van der Waals surface area contributed by atoms with Crippen LogP contribution in [0.25, 0.3) is 66.9 Å². The molecule has 6 aromatic heterocycles. The lowest BCUT2D eigenvalue weighted by atomic mass is 9.91. The minimum atomic E-state index is -0.0765. The van der Waals surface area contributed by atoms with Crippen molar-refractivity contribution in [3.63, 3.8) is 0 Å². The molecule has 0 spiro atoms. The monoisotopic (exact) mass is 1320 g/mol. The molecule has 23 nitrogen and oxygen atoms in total. The smallest absolute Gasteiger partial charge is 0.246 e. The highest BCUT2D eigenvalue weighted by molar-refractivity contribution is 6.00. The van der Waals surface area contributed by atoms with Crippen LogP contribution in [0.3, 0.4) is 0 Å². The maximum atomic E-state index is 12.0. The normalized spacial score (nSPS) is 16.0. The van der Waals surface area contributed by atoms with Gasteiger partial charge >= 0.3 is 0 Å². The number of allylic oxidation sites excluding steroid dienone is 1. The number of nitrogens with zero attached hydrogens (tertiary/aromatic N) is 14. The third-order valence-corrected chi connectivity index (χ3v) is 17.8. The van der Waals surface area contributed by atoms with Crippen LogP contribution in [0.15, 0.2) is 233 Å². The average Bonchev–Trinajstić information content (AvgIpc) is 1.63. The molecule has 23 heteroatoms. The topological polar surface area (TPSA) is 289 Å². The fourth-order valence-corrected chi connectivity index (χ4v) is 12.8. The van der Waals surface area contributed by atoms with Crippen LogP contribution >= 0.6 is 0 Å². The van der Waals surface area contributed by atoms with Crippen molar-refractivity contribution >= 4 is 62.4 Å². The van der Waals surface area contributed by atoms with E-state index in [0.717, 1.165) is 130 Å². The molecule has 12 aromatic rings. The number of carbonyl (C=O) groups is 2. The van der Waals surface area contributed by atoms with Crippen molar-refractivity contribution < 1.29 is 23.8 Å². The Labute approximate surface area is 571 Å². The summed E-state index contributed by atoms with van der Waals surface area (Å²) in [6, 6.07) is 53.0. The Morgan fingerprint density at radius 3 is 1.09 bits per heavy atom. The number of fused-ring (bicyclic) bond motifs is 3. The maximum Gasteiger partial charge on any atom is 0.246 e. The lowest BCUT2D eigenvalue weighted by molar-refractivity contribution is -0.127. The zero-order valence-electron chi connectivity index (χ0n) is 54.5. The van der Waals surface area contributed by atoms with Crippen molar-refractivity contribution in [1.29, 1.82) is 0 Å². The first-order valence-electron chi connectivity index (χ1n) is 32.8. The Bertz CT molecular complexity index is 4850. The predicted molar refractivity (Wildman–Crippen MR) is 384 cm³/mol. The van der Waals surface area contributed by atoms with Gasteiger partial charge in [-0.2, -0.15) is 15.3 Å². The quantitative estimate of drug-likeness (QED) is 0.0486. The number of nitrogens with one attached hydrogen (secondary N) is 1. The number of carbonyl (C=O) groups excluding carboxylic acids is 2. The molecule has 1 aliphatic carbocycles. The number of benzene rings is 6. The molecule has 1 unspecified atom stereocenters. The van der Waals surface area contributed by atoms with E-state index in [1.165, 1.54) is 31.1 Å². The lowest BCUT2D eigenvalue weighted by Gasteiger charge is -2.31. The van der Waals surface area contributed by atoms with Crippen LogP contribution in [0, 0.1) is 0 Å². The van der Waals surface area contributed by atoms with Gasteiger partial charge in [-0.25, -0.2) is 43.9 Å². The summed E-state index contributed by atoms with van der Waals surface area (Å²) in [4.78, 5) is 53.7. The van der Waals surface area contributed by atoms with E-state index in [1.807, 2.05) is 183 Å². The second-order valence-electron chi connectivity index (χ2n) is 24.1. The molecular formula is C76H74N18O5. The number of anilines is 3. The molecule has 0 bridgehead atoms. The van der Waals surface area contributed by atoms with Crippen LogP contribution in [0.1, 0.15) is 63.1 Å². The molecule has 15 rings (SSSR count). The highest BCUT2D eigenvalue weighted by atomic mass is 16.5. The number of piperidine rings is 1. The first-order valence-corrected chi connectivity index (χ1v) is 32.8. The number of likely N-dealkylation sites (tertiary alicyclic amines) is 2. The number of ether oxygens (including phenoxy) is 3. The number of para-hydroxylation sites is 3. The van der Waals surface area contributed by atoms with Gasteiger partial charge in [0, 0.05) is 54.6 Å². The van der Waals surface area contributed by atoms with Gasteiger partial charge in [-0.3, -0.25) is 9.59 Å². The second-order valence-corrected chi connectivity index (χ2v) is 24.1. The number of nitrogen functional groups attached to an aromatic ring is 3. The molecule has 2 saturated heterocycles. The summed E-state index contributed by atoms with van der Waals surface area (Å²) in [5.74, 6) is 5.65. The Balaban J connectivity index is 0.000000133. The highest BCUT2D eigenvalue weighted by Crippen LogP contribution is 2.40. The Morgan fingerprint density at radius 1 is 0.404 bits per heavy atom. The van der Waals surface area contributed by atoms with Gasteiger partial charge in [0.25, 0.3) is 0 Å². The van der Waals surface area contributed by atoms with E-state index in [9.17, 15) is 9.59 Å². The van der Waals surface area contributed by atoms with E-state index >= 15 is 0 Å². The van der Waals surface area contributed by atoms with E-state index in [4.69, 9.17) is 46.7 Å². The second kappa shape index (κ2) is 29.6. The van der Waals surface area contributed by atoms with Crippen LogP contribution in [0.2, 0.25) is 0 Å². The van der Waals surface area contributed by atoms with E-state index in [2.05, 4.69) is 61.5 Å². The highest BCUT2D eigenvalue weighted by Gasteiger charge is 2.32. The molecule has 498 valence electrons. The van der Waals surface area contributed by atoms with Crippen molar-refractivity contribution in [2.45, 2.75) is 69.1 Å². The summed E-state index contributed by atoms with van der Waals surface area (Å²) < 4.78 is 23.6. The molecule has 1 atom stereocenters. The number of amides is 2. The number of aromatic nitrogens is 12. The summed E-state index contributed by atoms with van der Waals surface area (Å²) >= 11 is 0. The van der Waals surface area contributed by atoms with Crippen LogP contribution in [-0.2, 0) is 9.59 Å². The molecular weight excluding hydrogens is 1240 g/mol. The largest absolute Gasteiger partial charge is 0.457 e. The molecule has 1 saturated carbocycles. The number of nitrogens with two attached hydrogens (primary N) is 3. The van der Waals surface area contributed by atoms with Crippen LogP contribution in [-0.4, -0.2) is 113 Å². The SMILES string of the molecule is C=CC(=C)NC1CCC(n2nc(-c3ccc(Oc4ccccc4)cc3)c3c(N)ncnc32)CC1.C=CC(=O)N1CCC(n2nc(-c3ccc(Oc4ccccc4)cc3)c3c(N)ncnc32)C1.C=CC(=O)N1CCC(n2nc(-c3ccc(Oc4ccccc4)cc3)c3c(N)ncnc32)CC1. The molecule has 3 aliphatic rings. The molecule has 6 aromatic carbocycles. The van der Waals surface area contributed by atoms with Gasteiger partial charge in [-0.15, -0.1) is 0 Å². The predicted octanol–water partition coefficient (Wildman–Crippen LogP) is 13.7. The molecule has 3 fully saturated rings. The standard InChI is InChI=1S/C27H28N6O.C25H24N6O2.C24H22N6O2/c1-3-18(2)31-20-11-13-21(14-12-20)33-27-24(26(28)29-17-30-27)25(32-33)19-9-15-23(16-10-19)34-22-7-5-4-6-8-22;1-2-21(32)30-14-12-18(13-15-30)31-25-22(24(26)27-16-28-25)23(29-31)17-8-10-20(11-9-17)33-19-6-4-3-5-7-19;1-2-20(31)29-13-12-17(14-29)30-24-21(23(25)26-15-27-24)22(28-30)16-8-10-19(11-9-16)32-18-6-4-3-5-7-18/h3-10,15-17,20-21,31H,1-2,11-14H2,(H2,28,29,30);2-11,16,18H,1,12-15H2,(H2,26,27,28);2-11,15,17H,1,12-14H2,(H2,25,26,27). The zero-order valence-corrected chi connectivity index (χ0v) is 54.5. The van der Waals surface area contributed by atoms with Crippen LogP contribution in [0.5, 0.6) is 34.5 Å². The van der Waals surface area contributed by atoms with Crippen LogP contribution < -0.4 is 36.7 Å². The van der Waals surface area contributed by atoms with Gasteiger partial charge in [-0.05, 0) is 172 Å². The molecule has 7 N–H and O–H groups in total. The number of hydrogen-bond donors (Lipinski definition) is 4. The van der Waals surface area contributed by atoms with Gasteiger partial charge in [0.05, 0.1) is 34.3 Å². The minimum absolute atomic E-state index is 0.00476. The Hall–Kier alpha value is -12.5. The average molecular weight is 1320 g/mol. The lowest BCUT2D eigenvalue weighted by Crippen LogP contribution is -2.38. The summed E-state index contributed by atoms with van der Waals surface area (Å²) in [7, 11) is 0. The van der Waals surface area contributed by atoms with E-state index in [1.54, 1.807) is 11.0 Å². The fourth-order valence-electron chi connectivity index (χ4n) is 12.8. The van der Waals surface area contributed by atoms with Gasteiger partial charge < -0.3 is 46.5 Å². The summed E-state index contributed by atoms with van der Waals surface area (Å²) in [5, 5.41) is 20.5. The van der Waals surface area contributed by atoms with E-state index < -0.39 is 0 Å². The molecule has 99 heavy (non-hydrogen) atoms. The van der Waals surface area contributed by atoms with Crippen molar-refractivity contribution in [3.05, 3.63) is 233 Å². The van der Waals surface area contributed by atoms with Gasteiger partial charge in [-0.1, -0.05) is 80.9 Å². The van der Waals surface area contributed by atoms with Gasteiger partial charge in [0.1, 0.15) is 88.0 Å². The zero-order chi connectivity index (χ0) is 68.4. The molecule has 2 amide bonds. The number of rotatable bonds is 17. The van der Waals surface area contributed by atoms with Crippen molar-refractivity contribution in [2.75, 3.05) is 43.4 Å². The Morgan fingerprint density at radius 2 is 0.727 bits per heavy atom. The van der Waals surface area contributed by atoms with Gasteiger partial charge in [0.15, 0.2) is 16.9 Å². The van der Waals surface area contributed by atoms with E-state index in [0.29, 0.717) is 72.0 Å². The minimum Gasteiger partial charge on any atom is -0.457 e. The molecule has 2 aliphatic heterocycles. The van der Waals surface area contributed by atoms with Gasteiger partial charge in [0.2, 0.25) is 11.8 Å². The third kappa shape index (κ3) is 14.5. The fraction of sp³-hybridized carbons (Fsp3) is 0.197. The molecule has 0 radical (unpaired) electrons. The molecule has 8 heterocycles.